The fourth-order valence-electron chi connectivity index (χ4n) is 1.69. The fourth-order valence-corrected chi connectivity index (χ4v) is 1.69. The number of ether oxygens (including phenoxy) is 2. The van der Waals surface area contributed by atoms with Crippen LogP contribution in [-0.4, -0.2) is 36.5 Å². The van der Waals surface area contributed by atoms with Gasteiger partial charge >= 0.3 is 5.97 Å². The third kappa shape index (κ3) is 7.69. The molecule has 2 aromatic rings. The Morgan fingerprint density at radius 2 is 1.83 bits per heavy atom. The lowest BCUT2D eigenvalue weighted by Gasteiger charge is -2.00. The minimum Gasteiger partial charge on any atom is -0.463 e. The van der Waals surface area contributed by atoms with Crippen molar-refractivity contribution in [3.8, 4) is 11.5 Å². The van der Waals surface area contributed by atoms with E-state index in [-0.39, 0.29) is 5.97 Å². The van der Waals surface area contributed by atoms with E-state index in [0.717, 1.165) is 24.5 Å². The molecule has 0 spiro atoms. The number of hydrogen-bond acceptors (Lipinski definition) is 6. The van der Waals surface area contributed by atoms with E-state index in [0.29, 0.717) is 25.0 Å². The van der Waals surface area contributed by atoms with Gasteiger partial charge in [-0.05, 0) is 31.9 Å². The van der Waals surface area contributed by atoms with Crippen molar-refractivity contribution in [2.24, 2.45) is 0 Å². The zero-order chi connectivity index (χ0) is 17.8. The molecule has 0 N–H and O–H groups in total. The van der Waals surface area contributed by atoms with Gasteiger partial charge in [-0.3, -0.25) is 0 Å². The normalized spacial score (nSPS) is 9.79. The summed E-state index contributed by atoms with van der Waals surface area (Å²) in [6, 6.07) is 7.99. The molecule has 0 aliphatic heterocycles. The maximum Gasteiger partial charge on any atom is 0.330 e. The predicted molar refractivity (Wildman–Crippen MR) is 91.5 cm³/mol. The van der Waals surface area contributed by atoms with Crippen molar-refractivity contribution in [2.45, 2.75) is 26.7 Å². The van der Waals surface area contributed by atoms with Crippen molar-refractivity contribution in [3.05, 3.63) is 48.4 Å². The number of benzene rings is 1. The molecular weight excluding hydrogens is 308 g/mol. The number of methoxy groups -OCH3 is 1. The van der Waals surface area contributed by atoms with Crippen LogP contribution in [0.4, 0.5) is 0 Å². The maximum absolute atomic E-state index is 10.5. The highest BCUT2D eigenvalue weighted by molar-refractivity contribution is 5.81. The van der Waals surface area contributed by atoms with Crippen LogP contribution in [0.5, 0.6) is 0 Å². The van der Waals surface area contributed by atoms with Crippen LogP contribution >= 0.6 is 0 Å². The Balaban J connectivity index is 0.000000245. The second kappa shape index (κ2) is 11.1. The van der Waals surface area contributed by atoms with Crippen molar-refractivity contribution in [3.63, 3.8) is 0 Å². The van der Waals surface area contributed by atoms with E-state index in [1.807, 2.05) is 31.2 Å². The molecule has 0 atom stereocenters. The predicted octanol–water partition coefficient (Wildman–Crippen LogP) is 3.50. The van der Waals surface area contributed by atoms with Gasteiger partial charge in [-0.15, -0.1) is 10.2 Å². The summed E-state index contributed by atoms with van der Waals surface area (Å²) >= 11 is 0. The number of carbonyl (C=O) groups excluding carboxylic acids is 1. The van der Waals surface area contributed by atoms with E-state index < -0.39 is 0 Å². The monoisotopic (exact) mass is 332 g/mol. The number of unbranched alkanes of at least 4 members (excludes halogenated alkanes) is 1. The molecule has 6 heteroatoms. The number of carbonyl (C=O) groups is 1. The number of esters is 1. The Morgan fingerprint density at radius 1 is 1.17 bits per heavy atom. The SMILES string of the molecule is C=CC(=O)OCCCCOC.Cc1ccc(-c2nnc(C)o2)cc1. The zero-order valence-electron chi connectivity index (χ0n) is 14.4. The maximum atomic E-state index is 10.5. The molecule has 6 nitrogen and oxygen atoms in total. The van der Waals surface area contributed by atoms with Gasteiger partial charge in [0.05, 0.1) is 6.61 Å². The highest BCUT2D eigenvalue weighted by Gasteiger charge is 2.03. The second-order valence-corrected chi connectivity index (χ2v) is 5.06. The quantitative estimate of drug-likeness (QED) is 0.439. The molecule has 0 bridgehead atoms. The molecule has 0 saturated carbocycles. The molecule has 1 aromatic carbocycles. The van der Waals surface area contributed by atoms with Gasteiger partial charge < -0.3 is 13.9 Å². The van der Waals surface area contributed by atoms with E-state index >= 15 is 0 Å². The van der Waals surface area contributed by atoms with Gasteiger partial charge in [0.1, 0.15) is 0 Å². The topological polar surface area (TPSA) is 74.5 Å². The summed E-state index contributed by atoms with van der Waals surface area (Å²) in [5.41, 5.74) is 2.19. The third-order valence-corrected chi connectivity index (χ3v) is 2.98. The first-order valence-electron chi connectivity index (χ1n) is 7.72. The molecule has 0 aliphatic carbocycles. The van der Waals surface area contributed by atoms with E-state index in [1.54, 1.807) is 14.0 Å². The Kier molecular flexibility index (Phi) is 9.07. The zero-order valence-corrected chi connectivity index (χ0v) is 14.4. The molecule has 0 aliphatic rings. The lowest BCUT2D eigenvalue weighted by Crippen LogP contribution is -2.02. The Bertz CT molecular complexity index is 620. The van der Waals surface area contributed by atoms with Crippen LogP contribution in [0.2, 0.25) is 0 Å². The average Bonchev–Trinajstić information content (AvgIpc) is 3.02. The summed E-state index contributed by atoms with van der Waals surface area (Å²) < 4.78 is 14.8. The minimum atomic E-state index is -0.359. The fraction of sp³-hybridized carbons (Fsp3) is 0.389. The summed E-state index contributed by atoms with van der Waals surface area (Å²) in [6.45, 7) is 8.27. The Hall–Kier alpha value is -2.47. The van der Waals surface area contributed by atoms with Gasteiger partial charge in [0.25, 0.3) is 0 Å². The minimum absolute atomic E-state index is 0.359. The van der Waals surface area contributed by atoms with Crippen LogP contribution in [0.3, 0.4) is 0 Å². The molecule has 24 heavy (non-hydrogen) atoms. The van der Waals surface area contributed by atoms with Crippen LogP contribution in [0.1, 0.15) is 24.3 Å². The highest BCUT2D eigenvalue weighted by Crippen LogP contribution is 2.17. The van der Waals surface area contributed by atoms with Crippen LogP contribution in [0.25, 0.3) is 11.5 Å². The van der Waals surface area contributed by atoms with E-state index in [2.05, 4.69) is 16.8 Å². The van der Waals surface area contributed by atoms with Crippen molar-refractivity contribution >= 4 is 5.97 Å². The number of nitrogens with zero attached hydrogens (tertiary/aromatic N) is 2. The Labute approximate surface area is 142 Å². The lowest BCUT2D eigenvalue weighted by molar-refractivity contribution is -0.137. The van der Waals surface area contributed by atoms with Gasteiger partial charge in [-0.2, -0.15) is 0 Å². The smallest absolute Gasteiger partial charge is 0.330 e. The second-order valence-electron chi connectivity index (χ2n) is 5.06. The lowest BCUT2D eigenvalue weighted by atomic mass is 10.1. The largest absolute Gasteiger partial charge is 0.463 e. The van der Waals surface area contributed by atoms with Crippen LogP contribution < -0.4 is 0 Å². The van der Waals surface area contributed by atoms with Gasteiger partial charge in [0, 0.05) is 32.3 Å². The summed E-state index contributed by atoms with van der Waals surface area (Å²) in [4.78, 5) is 10.5. The molecule has 1 heterocycles. The van der Waals surface area contributed by atoms with Crippen molar-refractivity contribution in [1.29, 1.82) is 0 Å². The molecule has 0 fully saturated rings. The van der Waals surface area contributed by atoms with Gasteiger partial charge in [-0.1, -0.05) is 24.3 Å². The van der Waals surface area contributed by atoms with Gasteiger partial charge in [0.2, 0.25) is 11.8 Å². The van der Waals surface area contributed by atoms with Gasteiger partial charge in [0.15, 0.2) is 0 Å². The first-order valence-corrected chi connectivity index (χ1v) is 7.72. The summed E-state index contributed by atoms with van der Waals surface area (Å²) in [5.74, 6) is 0.815. The molecule has 2 rings (SSSR count). The van der Waals surface area contributed by atoms with E-state index in [4.69, 9.17) is 13.9 Å². The molecule has 0 radical (unpaired) electrons. The van der Waals surface area contributed by atoms with Crippen molar-refractivity contribution in [2.75, 3.05) is 20.3 Å². The van der Waals surface area contributed by atoms with E-state index in [1.165, 1.54) is 5.56 Å². The number of aromatic nitrogens is 2. The third-order valence-electron chi connectivity index (χ3n) is 2.98. The standard InChI is InChI=1S/C10H10N2O.C8H14O3/c1-7-3-5-9(6-4-7)10-12-11-8(2)13-10;1-3-8(9)11-7-5-4-6-10-2/h3-6H,1-2H3;3H,1,4-7H2,2H3. The van der Waals surface area contributed by atoms with E-state index in [9.17, 15) is 4.79 Å². The van der Waals surface area contributed by atoms with Crippen LogP contribution in [0.15, 0.2) is 41.3 Å². The first-order chi connectivity index (χ1) is 11.6. The van der Waals surface area contributed by atoms with Crippen LogP contribution in [0, 0.1) is 13.8 Å². The molecule has 0 unspecified atom stereocenters. The highest BCUT2D eigenvalue weighted by atomic mass is 16.5. The number of rotatable bonds is 7. The van der Waals surface area contributed by atoms with Crippen LogP contribution in [-0.2, 0) is 14.3 Å². The number of aryl methyl sites for hydroxylation is 2. The molecular formula is C18H24N2O4. The molecule has 130 valence electrons. The summed E-state index contributed by atoms with van der Waals surface area (Å²) in [5, 5.41) is 7.70. The van der Waals surface area contributed by atoms with Gasteiger partial charge in [-0.25, -0.2) is 4.79 Å². The summed E-state index contributed by atoms with van der Waals surface area (Å²) in [7, 11) is 1.65. The number of hydrogen-bond donors (Lipinski definition) is 0. The van der Waals surface area contributed by atoms with Crippen molar-refractivity contribution < 1.29 is 18.7 Å². The average molecular weight is 332 g/mol. The molecule has 0 saturated heterocycles. The Morgan fingerprint density at radius 3 is 2.38 bits per heavy atom. The molecule has 0 amide bonds. The molecule has 1 aromatic heterocycles. The first kappa shape index (κ1) is 19.6. The summed E-state index contributed by atoms with van der Waals surface area (Å²) in [6.07, 6.45) is 2.92. The van der Waals surface area contributed by atoms with Crippen molar-refractivity contribution in [1.82, 2.24) is 10.2 Å².